The predicted molar refractivity (Wildman–Crippen MR) is 70.4 cm³/mol. The summed E-state index contributed by atoms with van der Waals surface area (Å²) in [6.45, 7) is 8.44. The summed E-state index contributed by atoms with van der Waals surface area (Å²) < 4.78 is 5.25. The lowest BCUT2D eigenvalue weighted by Crippen LogP contribution is -2.12. The summed E-state index contributed by atoms with van der Waals surface area (Å²) in [5, 5.41) is 0. The van der Waals surface area contributed by atoms with Crippen molar-refractivity contribution >= 4 is 16.1 Å². The Bertz CT molecular complexity index is 342. The summed E-state index contributed by atoms with van der Waals surface area (Å²) in [7, 11) is 3.13. The Morgan fingerprint density at radius 3 is 2.62 bits per heavy atom. The highest BCUT2D eigenvalue weighted by molar-refractivity contribution is 5.98. The van der Waals surface area contributed by atoms with Gasteiger partial charge in [0.2, 0.25) is 10.5 Å². The lowest BCUT2D eigenvalue weighted by atomic mass is 9.94. The topological polar surface area (TPSA) is 9.23 Å². The van der Waals surface area contributed by atoms with Crippen LogP contribution in [0, 0.1) is 0 Å². The molecule has 0 aliphatic heterocycles. The number of hydrogen-bond donors (Lipinski definition) is 0. The van der Waals surface area contributed by atoms with Crippen molar-refractivity contribution in [1.29, 1.82) is 0 Å². The second-order valence-electron chi connectivity index (χ2n) is 3.95. The van der Waals surface area contributed by atoms with E-state index in [1.165, 1.54) is 11.1 Å². The van der Waals surface area contributed by atoms with Crippen LogP contribution in [0.3, 0.4) is 0 Å². The second-order valence-corrected chi connectivity index (χ2v) is 4.18. The first kappa shape index (κ1) is 13.2. The van der Waals surface area contributed by atoms with Crippen molar-refractivity contribution in [1.82, 2.24) is 0 Å². The van der Waals surface area contributed by atoms with Crippen molar-refractivity contribution in [2.24, 2.45) is 0 Å². The molecule has 0 amide bonds. The molecule has 16 heavy (non-hydrogen) atoms. The monoisotopic (exact) mass is 231 g/mol. The second kappa shape index (κ2) is 6.66. The van der Waals surface area contributed by atoms with Crippen LogP contribution in [0.5, 0.6) is 0 Å². The number of hydrogen-bond acceptors (Lipinski definition) is 1. The van der Waals surface area contributed by atoms with E-state index in [9.17, 15) is 0 Å². The fourth-order valence-corrected chi connectivity index (χ4v) is 2.20. The molecule has 0 aliphatic rings. The molecule has 0 heterocycles. The third-order valence-corrected chi connectivity index (χ3v) is 3.07. The smallest absolute Gasteiger partial charge is 0.247 e. The number of aryl methyl sites for hydroxylation is 1. The van der Waals surface area contributed by atoms with E-state index in [4.69, 9.17) is 4.43 Å². The summed E-state index contributed by atoms with van der Waals surface area (Å²) in [4.78, 5) is 0. The first-order valence-corrected chi connectivity index (χ1v) is 6.24. The molecule has 1 aromatic rings. The minimum Gasteiger partial charge on any atom is -0.412 e. The van der Waals surface area contributed by atoms with Gasteiger partial charge in [0.05, 0.1) is 6.10 Å². The van der Waals surface area contributed by atoms with Gasteiger partial charge < -0.3 is 4.43 Å². The van der Waals surface area contributed by atoms with Crippen LogP contribution in [-0.4, -0.2) is 16.6 Å². The maximum Gasteiger partial charge on any atom is 0.247 e. The van der Waals surface area contributed by atoms with Crippen LogP contribution in [0.1, 0.15) is 37.8 Å². The molecule has 1 unspecified atom stereocenters. The normalized spacial score (nSPS) is 12.4. The van der Waals surface area contributed by atoms with Gasteiger partial charge in [-0.25, -0.2) is 0 Å². The van der Waals surface area contributed by atoms with E-state index in [-0.39, 0.29) is 6.10 Å². The molecule has 1 atom stereocenters. The van der Waals surface area contributed by atoms with Crippen molar-refractivity contribution in [2.75, 3.05) is 0 Å². The highest BCUT2D eigenvalue weighted by atomic mass is 28.2. The highest BCUT2D eigenvalue weighted by Crippen LogP contribution is 2.24. The van der Waals surface area contributed by atoms with Gasteiger partial charge in [-0.15, -0.1) is 0 Å². The fourth-order valence-electron chi connectivity index (χ4n) is 1.90. The van der Waals surface area contributed by atoms with E-state index in [2.05, 4.69) is 55.2 Å². The van der Waals surface area contributed by atoms with Crippen molar-refractivity contribution in [2.45, 2.75) is 39.2 Å². The standard InChI is InChI=1S/C14H19OSi/c1-4-8-12-9-6-7-10-13(12)11(3)14(5-2)15-16/h6-7,9-10,14H,3-5,8H2,1-2H3. The molecule has 1 nitrogen and oxygen atoms in total. The molecule has 0 bridgehead atoms. The molecule has 0 saturated carbocycles. The third kappa shape index (κ3) is 3.06. The maximum absolute atomic E-state index is 5.25. The third-order valence-electron chi connectivity index (χ3n) is 2.78. The van der Waals surface area contributed by atoms with Gasteiger partial charge in [-0.3, -0.25) is 0 Å². The Morgan fingerprint density at radius 1 is 1.38 bits per heavy atom. The van der Waals surface area contributed by atoms with Gasteiger partial charge in [-0.05, 0) is 29.5 Å². The minimum absolute atomic E-state index is 0.0506. The molecule has 0 aliphatic carbocycles. The first-order valence-electron chi connectivity index (χ1n) is 5.84. The van der Waals surface area contributed by atoms with Crippen molar-refractivity contribution in [3.05, 3.63) is 42.0 Å². The Morgan fingerprint density at radius 2 is 2.06 bits per heavy atom. The van der Waals surface area contributed by atoms with Crippen LogP contribution in [0.15, 0.2) is 30.8 Å². The summed E-state index contributed by atoms with van der Waals surface area (Å²) in [5.41, 5.74) is 3.65. The molecular formula is C14H19OSi. The van der Waals surface area contributed by atoms with Crippen LogP contribution in [0.25, 0.3) is 5.57 Å². The fraction of sp³-hybridized carbons (Fsp3) is 0.429. The molecule has 1 aromatic carbocycles. The summed E-state index contributed by atoms with van der Waals surface area (Å²) in [5.74, 6) is 0. The zero-order valence-electron chi connectivity index (χ0n) is 10.1. The largest absolute Gasteiger partial charge is 0.412 e. The van der Waals surface area contributed by atoms with Crippen molar-refractivity contribution in [3.63, 3.8) is 0 Å². The van der Waals surface area contributed by atoms with Crippen molar-refractivity contribution in [3.8, 4) is 0 Å². The van der Waals surface area contributed by atoms with E-state index in [1.54, 1.807) is 0 Å². The quantitative estimate of drug-likeness (QED) is 0.681. The summed E-state index contributed by atoms with van der Waals surface area (Å²) >= 11 is 0. The summed E-state index contributed by atoms with van der Waals surface area (Å²) in [6.07, 6.45) is 3.21. The Balaban J connectivity index is 2.97. The minimum atomic E-state index is 0.0506. The molecule has 0 N–H and O–H groups in total. The highest BCUT2D eigenvalue weighted by Gasteiger charge is 2.13. The zero-order chi connectivity index (χ0) is 12.0. The molecule has 1 rings (SSSR count). The predicted octanol–water partition coefficient (Wildman–Crippen LogP) is 3.53. The van der Waals surface area contributed by atoms with Gasteiger partial charge >= 0.3 is 0 Å². The SMILES string of the molecule is C=C(c1ccccc1CCC)C(CC)O[Si]. The molecule has 85 valence electrons. The molecule has 0 aromatic heterocycles. The van der Waals surface area contributed by atoms with E-state index in [1.807, 2.05) is 0 Å². The maximum atomic E-state index is 5.25. The molecule has 3 radical (unpaired) electrons. The van der Waals surface area contributed by atoms with E-state index < -0.39 is 0 Å². The van der Waals surface area contributed by atoms with E-state index >= 15 is 0 Å². The summed E-state index contributed by atoms with van der Waals surface area (Å²) in [6, 6.07) is 8.43. The molecule has 0 fully saturated rings. The van der Waals surface area contributed by atoms with Gasteiger partial charge in [0.1, 0.15) is 0 Å². The van der Waals surface area contributed by atoms with Crippen LogP contribution < -0.4 is 0 Å². The van der Waals surface area contributed by atoms with Crippen LogP contribution in [-0.2, 0) is 10.8 Å². The first-order chi connectivity index (χ1) is 7.74. The van der Waals surface area contributed by atoms with E-state index in [0.717, 1.165) is 24.8 Å². The van der Waals surface area contributed by atoms with Gasteiger partial charge in [-0.1, -0.05) is 51.1 Å². The number of rotatable bonds is 6. The van der Waals surface area contributed by atoms with Gasteiger partial charge in [0.25, 0.3) is 0 Å². The van der Waals surface area contributed by atoms with Gasteiger partial charge in [-0.2, -0.15) is 0 Å². The molecular weight excluding hydrogens is 212 g/mol. The van der Waals surface area contributed by atoms with Crippen LogP contribution in [0.2, 0.25) is 0 Å². The van der Waals surface area contributed by atoms with E-state index in [0.29, 0.717) is 0 Å². The number of benzene rings is 1. The molecule has 2 heteroatoms. The van der Waals surface area contributed by atoms with Crippen LogP contribution in [0.4, 0.5) is 0 Å². The average Bonchev–Trinajstić information content (AvgIpc) is 2.31. The van der Waals surface area contributed by atoms with Gasteiger partial charge in [0.15, 0.2) is 0 Å². The Kier molecular flexibility index (Phi) is 5.50. The zero-order valence-corrected chi connectivity index (χ0v) is 11.1. The van der Waals surface area contributed by atoms with Crippen molar-refractivity contribution < 1.29 is 4.43 Å². The lowest BCUT2D eigenvalue weighted by Gasteiger charge is -2.19. The average molecular weight is 231 g/mol. The molecule has 0 saturated heterocycles. The lowest BCUT2D eigenvalue weighted by molar-refractivity contribution is 0.279. The molecule has 0 spiro atoms. The Labute approximate surface area is 102 Å². The van der Waals surface area contributed by atoms with Gasteiger partial charge in [0, 0.05) is 0 Å². The van der Waals surface area contributed by atoms with Crippen LogP contribution >= 0.6 is 0 Å². The Hall–Kier alpha value is -0.863.